The number of aliphatic hydroxyl groups is 1. The normalized spacial score (nSPS) is 10.9. The van der Waals surface area contributed by atoms with Gasteiger partial charge in [0.05, 0.1) is 12.3 Å². The summed E-state index contributed by atoms with van der Waals surface area (Å²) in [5.74, 6) is 0. The minimum atomic E-state index is -0.112. The maximum Gasteiger partial charge on any atom is 0.125 e. The Morgan fingerprint density at radius 3 is 2.29 bits per heavy atom. The zero-order chi connectivity index (χ0) is 12.6. The molecule has 1 N–H and O–H groups in total. The predicted octanol–water partition coefficient (Wildman–Crippen LogP) is 3.88. The highest BCUT2D eigenvalue weighted by molar-refractivity contribution is 7.19. The number of hydrogen-bond donors (Lipinski definition) is 1. The molecule has 0 saturated carbocycles. The molecule has 0 aliphatic rings. The number of benzene rings is 1. The van der Waals surface area contributed by atoms with E-state index in [2.05, 4.69) is 37.9 Å². The number of nitrogens with zero attached hydrogens (tertiary/aromatic N) is 1. The van der Waals surface area contributed by atoms with Gasteiger partial charge in [-0.2, -0.15) is 0 Å². The molecule has 1 aromatic heterocycles. The summed E-state index contributed by atoms with van der Waals surface area (Å²) < 4.78 is 0.571. The van der Waals surface area contributed by atoms with Crippen LogP contribution >= 0.6 is 22.9 Å². The third-order valence-electron chi connectivity index (χ3n) is 2.69. The molecule has 0 spiro atoms. The van der Waals surface area contributed by atoms with Gasteiger partial charge in [0.15, 0.2) is 0 Å². The summed E-state index contributed by atoms with van der Waals surface area (Å²) in [7, 11) is 0. The van der Waals surface area contributed by atoms with Gasteiger partial charge in [-0.1, -0.05) is 29.3 Å². The van der Waals surface area contributed by atoms with Crippen molar-refractivity contribution in [1.29, 1.82) is 0 Å². The predicted molar refractivity (Wildman–Crippen MR) is 72.7 cm³/mol. The van der Waals surface area contributed by atoms with E-state index in [0.717, 1.165) is 10.6 Å². The molecule has 0 fully saturated rings. The van der Waals surface area contributed by atoms with Gasteiger partial charge in [-0.15, -0.1) is 11.3 Å². The number of aliphatic hydroxyl groups excluding tert-OH is 1. The molecule has 0 atom stereocenters. The lowest BCUT2D eigenvalue weighted by Crippen LogP contribution is -1.90. The van der Waals surface area contributed by atoms with Crippen molar-refractivity contribution in [3.05, 3.63) is 38.9 Å². The van der Waals surface area contributed by atoms with Gasteiger partial charge in [-0.3, -0.25) is 0 Å². The summed E-state index contributed by atoms with van der Waals surface area (Å²) in [6.07, 6.45) is 0. The Labute approximate surface area is 110 Å². The van der Waals surface area contributed by atoms with E-state index in [-0.39, 0.29) is 6.61 Å². The first-order valence-corrected chi connectivity index (χ1v) is 6.56. The first-order chi connectivity index (χ1) is 8.02. The zero-order valence-electron chi connectivity index (χ0n) is 10.0. The van der Waals surface area contributed by atoms with E-state index in [4.69, 9.17) is 16.7 Å². The van der Waals surface area contributed by atoms with Crippen LogP contribution in [-0.4, -0.2) is 10.1 Å². The van der Waals surface area contributed by atoms with Crippen LogP contribution in [0.3, 0.4) is 0 Å². The molecule has 1 aromatic carbocycles. The second-order valence-corrected chi connectivity index (χ2v) is 5.77. The first-order valence-electron chi connectivity index (χ1n) is 5.37. The maximum absolute atomic E-state index is 9.12. The van der Waals surface area contributed by atoms with Gasteiger partial charge < -0.3 is 5.11 Å². The number of aryl methyl sites for hydroxylation is 3. The first kappa shape index (κ1) is 12.6. The van der Waals surface area contributed by atoms with Crippen molar-refractivity contribution in [1.82, 2.24) is 4.98 Å². The molecule has 0 radical (unpaired) electrons. The molecule has 2 aromatic rings. The average molecular weight is 268 g/mol. The smallest absolute Gasteiger partial charge is 0.125 e. The summed E-state index contributed by atoms with van der Waals surface area (Å²) in [6, 6.07) is 4.27. The van der Waals surface area contributed by atoms with Crippen LogP contribution in [0.1, 0.15) is 22.4 Å². The lowest BCUT2D eigenvalue weighted by atomic mass is 10.0. The van der Waals surface area contributed by atoms with Crippen LogP contribution < -0.4 is 0 Å². The van der Waals surface area contributed by atoms with Gasteiger partial charge in [-0.05, 0) is 31.9 Å². The van der Waals surface area contributed by atoms with E-state index in [1.165, 1.54) is 28.0 Å². The Morgan fingerprint density at radius 2 is 1.82 bits per heavy atom. The summed E-state index contributed by atoms with van der Waals surface area (Å²) in [5.41, 5.74) is 5.32. The summed E-state index contributed by atoms with van der Waals surface area (Å²) in [5, 5.41) is 10.0. The van der Waals surface area contributed by atoms with Crippen molar-refractivity contribution in [2.75, 3.05) is 0 Å². The molecule has 0 bridgehead atoms. The van der Waals surface area contributed by atoms with Crippen LogP contribution in [0.4, 0.5) is 0 Å². The van der Waals surface area contributed by atoms with Crippen molar-refractivity contribution >= 4 is 22.9 Å². The summed E-state index contributed by atoms with van der Waals surface area (Å²) in [4.78, 5) is 4.39. The number of aromatic nitrogens is 1. The van der Waals surface area contributed by atoms with E-state index < -0.39 is 0 Å². The highest BCUT2D eigenvalue weighted by Gasteiger charge is 2.14. The molecule has 0 unspecified atom stereocenters. The monoisotopic (exact) mass is 267 g/mol. The zero-order valence-corrected chi connectivity index (χ0v) is 11.6. The number of rotatable bonds is 2. The van der Waals surface area contributed by atoms with E-state index in [0.29, 0.717) is 10.0 Å². The molecular formula is C13H14ClNOS. The van der Waals surface area contributed by atoms with Crippen molar-refractivity contribution in [3.63, 3.8) is 0 Å². The third kappa shape index (κ3) is 2.37. The number of hydrogen-bond acceptors (Lipinski definition) is 3. The lowest BCUT2D eigenvalue weighted by Gasteiger charge is -2.08. The Hall–Kier alpha value is -0.900. The molecule has 90 valence electrons. The van der Waals surface area contributed by atoms with Crippen LogP contribution in [0.2, 0.25) is 4.34 Å². The Bertz CT molecular complexity index is 540. The number of thiazole rings is 1. The van der Waals surface area contributed by atoms with Crippen molar-refractivity contribution in [3.8, 4) is 10.6 Å². The number of halogens is 1. The molecule has 0 amide bonds. The molecular weight excluding hydrogens is 254 g/mol. The molecule has 0 saturated heterocycles. The van der Waals surface area contributed by atoms with E-state index >= 15 is 0 Å². The highest BCUT2D eigenvalue weighted by Crippen LogP contribution is 2.35. The third-order valence-corrected chi connectivity index (χ3v) is 4.04. The highest BCUT2D eigenvalue weighted by atomic mass is 35.5. The largest absolute Gasteiger partial charge is 0.390 e. The molecule has 2 nitrogen and oxygen atoms in total. The van der Waals surface area contributed by atoms with Gasteiger partial charge in [0.1, 0.15) is 9.34 Å². The van der Waals surface area contributed by atoms with Crippen LogP contribution in [0.5, 0.6) is 0 Å². The minimum Gasteiger partial charge on any atom is -0.390 e. The standard InChI is InChI=1S/C13H14ClNOS/c1-7-4-8(2)11(9(3)5-7)13-15-10(6-16)12(14)17-13/h4-5,16H,6H2,1-3H3. The SMILES string of the molecule is Cc1cc(C)c(-c2nc(CO)c(Cl)s2)c(C)c1. The minimum absolute atomic E-state index is 0.112. The van der Waals surface area contributed by atoms with Gasteiger partial charge in [0.25, 0.3) is 0 Å². The molecule has 2 rings (SSSR count). The average Bonchev–Trinajstić information content (AvgIpc) is 2.57. The summed E-state index contributed by atoms with van der Waals surface area (Å²) >= 11 is 7.45. The van der Waals surface area contributed by atoms with E-state index in [1.807, 2.05) is 0 Å². The molecule has 1 heterocycles. The Kier molecular flexibility index (Phi) is 3.52. The summed E-state index contributed by atoms with van der Waals surface area (Å²) in [6.45, 7) is 6.11. The van der Waals surface area contributed by atoms with Crippen molar-refractivity contribution in [2.24, 2.45) is 0 Å². The van der Waals surface area contributed by atoms with Crippen LogP contribution in [0, 0.1) is 20.8 Å². The molecule has 0 aliphatic carbocycles. The fraction of sp³-hybridized carbons (Fsp3) is 0.308. The molecule has 0 aliphatic heterocycles. The quantitative estimate of drug-likeness (QED) is 0.896. The van der Waals surface area contributed by atoms with E-state index in [1.54, 1.807) is 0 Å². The van der Waals surface area contributed by atoms with Gasteiger partial charge >= 0.3 is 0 Å². The molecule has 4 heteroatoms. The molecule has 17 heavy (non-hydrogen) atoms. The Balaban J connectivity index is 2.60. The van der Waals surface area contributed by atoms with Gasteiger partial charge in [-0.25, -0.2) is 4.98 Å². The van der Waals surface area contributed by atoms with Crippen molar-refractivity contribution < 1.29 is 5.11 Å². The lowest BCUT2D eigenvalue weighted by molar-refractivity contribution is 0.278. The Morgan fingerprint density at radius 1 is 1.24 bits per heavy atom. The van der Waals surface area contributed by atoms with Crippen LogP contribution in [0.25, 0.3) is 10.6 Å². The second-order valence-electron chi connectivity index (χ2n) is 4.17. The topological polar surface area (TPSA) is 33.1 Å². The van der Waals surface area contributed by atoms with Crippen molar-refractivity contribution in [2.45, 2.75) is 27.4 Å². The maximum atomic E-state index is 9.12. The van der Waals surface area contributed by atoms with Crippen LogP contribution in [-0.2, 0) is 6.61 Å². The second kappa shape index (κ2) is 4.77. The fourth-order valence-corrected chi connectivity index (χ4v) is 3.35. The van der Waals surface area contributed by atoms with Gasteiger partial charge in [0.2, 0.25) is 0 Å². The van der Waals surface area contributed by atoms with Crippen LogP contribution in [0.15, 0.2) is 12.1 Å². The van der Waals surface area contributed by atoms with Gasteiger partial charge in [0, 0.05) is 5.56 Å². The van der Waals surface area contributed by atoms with E-state index in [9.17, 15) is 0 Å². The fourth-order valence-electron chi connectivity index (χ4n) is 2.05.